The van der Waals surface area contributed by atoms with Crippen LogP contribution >= 0.6 is 0 Å². The molecule has 0 atom stereocenters. The molecule has 10 nitrogen and oxygen atoms in total. The molecule has 36 heavy (non-hydrogen) atoms. The van der Waals surface area contributed by atoms with Crippen molar-refractivity contribution < 1.29 is 14.3 Å². The quantitative estimate of drug-likeness (QED) is 0.224. The van der Waals surface area contributed by atoms with Crippen LogP contribution in [0.25, 0.3) is 11.4 Å². The highest BCUT2D eigenvalue weighted by atomic mass is 16.5. The topological polar surface area (TPSA) is 138 Å². The number of nitrogens with two attached hydrogens (primary N) is 1. The van der Waals surface area contributed by atoms with E-state index in [0.29, 0.717) is 46.7 Å². The van der Waals surface area contributed by atoms with E-state index in [4.69, 9.17) is 25.6 Å². The number of nitrogen functional groups attached to an aromatic ring is 1. The molecule has 2 aromatic carbocycles. The van der Waals surface area contributed by atoms with Gasteiger partial charge >= 0.3 is 0 Å². The number of carbonyl (C=O) groups is 1. The van der Waals surface area contributed by atoms with Gasteiger partial charge in [0.25, 0.3) is 5.91 Å². The molecule has 0 fully saturated rings. The molecule has 0 bridgehead atoms. The van der Waals surface area contributed by atoms with E-state index in [1.54, 1.807) is 30.5 Å². The second-order valence-electron chi connectivity index (χ2n) is 8.71. The summed E-state index contributed by atoms with van der Waals surface area (Å²) in [6.45, 7) is 4.89. The Balaban J connectivity index is 1.86. The Labute approximate surface area is 211 Å². The van der Waals surface area contributed by atoms with Crippen LogP contribution in [0.1, 0.15) is 19.4 Å². The van der Waals surface area contributed by atoms with Crippen molar-refractivity contribution in [1.82, 2.24) is 20.2 Å². The molecule has 1 heterocycles. The van der Waals surface area contributed by atoms with Gasteiger partial charge in [0.15, 0.2) is 24.0 Å². The van der Waals surface area contributed by atoms with Gasteiger partial charge < -0.3 is 36.2 Å². The van der Waals surface area contributed by atoms with E-state index >= 15 is 0 Å². The second-order valence-corrected chi connectivity index (χ2v) is 8.71. The fourth-order valence-corrected chi connectivity index (χ4v) is 3.19. The van der Waals surface area contributed by atoms with Crippen molar-refractivity contribution in [2.24, 2.45) is 0 Å². The van der Waals surface area contributed by atoms with Gasteiger partial charge in [0.05, 0.1) is 6.20 Å². The maximum Gasteiger partial charge on any atom is 0.258 e. The van der Waals surface area contributed by atoms with Gasteiger partial charge in [-0.2, -0.15) is 0 Å². The Morgan fingerprint density at radius 1 is 1.19 bits per heavy atom. The van der Waals surface area contributed by atoms with E-state index in [1.165, 1.54) is 6.21 Å². The molecule has 0 saturated heterocycles. The molecule has 190 valence electrons. The van der Waals surface area contributed by atoms with E-state index in [-0.39, 0.29) is 18.6 Å². The van der Waals surface area contributed by atoms with Crippen LogP contribution in [0.3, 0.4) is 0 Å². The third-order valence-corrected chi connectivity index (χ3v) is 4.97. The number of nitrogens with one attached hydrogen (secondary N) is 3. The standard InChI is InChI=1S/C26H33N7O3/c1-17(2)30-24(34)16-36-21-7-5-6-18(13-21)25-29-15-23(35-11-10-33(3)4)26(32-25)31-20-8-9-22(28)19(12-20)14-27/h5-9,12-15,17,27H,10-11,16,28H2,1-4H3,(H,30,34)(H,29,31,32). The van der Waals surface area contributed by atoms with Gasteiger partial charge in [0.2, 0.25) is 0 Å². The number of anilines is 3. The molecule has 0 saturated carbocycles. The number of rotatable bonds is 12. The summed E-state index contributed by atoms with van der Waals surface area (Å²) in [4.78, 5) is 23.1. The normalized spacial score (nSPS) is 10.8. The van der Waals surface area contributed by atoms with Crippen molar-refractivity contribution in [3.05, 3.63) is 54.2 Å². The minimum Gasteiger partial charge on any atom is -0.487 e. The largest absolute Gasteiger partial charge is 0.487 e. The SMILES string of the molecule is CC(C)NC(=O)COc1cccc(-c2ncc(OCCN(C)C)c(Nc3ccc(N)c(C=N)c3)n2)c1. The molecule has 10 heteroatoms. The number of benzene rings is 2. The first-order chi connectivity index (χ1) is 17.2. The average Bonchev–Trinajstić information content (AvgIpc) is 2.84. The summed E-state index contributed by atoms with van der Waals surface area (Å²) in [6.07, 6.45) is 2.83. The van der Waals surface area contributed by atoms with Gasteiger partial charge in [0.1, 0.15) is 12.4 Å². The second kappa shape index (κ2) is 12.5. The van der Waals surface area contributed by atoms with Crippen LogP contribution in [0.5, 0.6) is 11.5 Å². The maximum atomic E-state index is 11.9. The molecule has 0 unspecified atom stereocenters. The third-order valence-electron chi connectivity index (χ3n) is 4.97. The molecule has 0 aliphatic carbocycles. The monoisotopic (exact) mass is 491 g/mol. The van der Waals surface area contributed by atoms with E-state index < -0.39 is 0 Å². The fraction of sp³-hybridized carbons (Fsp3) is 0.308. The Hall–Kier alpha value is -4.18. The lowest BCUT2D eigenvalue weighted by Gasteiger charge is -2.16. The average molecular weight is 492 g/mol. The zero-order valence-corrected chi connectivity index (χ0v) is 21.0. The Morgan fingerprint density at radius 2 is 2.00 bits per heavy atom. The van der Waals surface area contributed by atoms with Crippen molar-refractivity contribution in [2.75, 3.05) is 44.9 Å². The summed E-state index contributed by atoms with van der Waals surface area (Å²) in [5, 5.41) is 13.6. The van der Waals surface area contributed by atoms with Crippen LogP contribution in [0.4, 0.5) is 17.2 Å². The third kappa shape index (κ3) is 7.67. The van der Waals surface area contributed by atoms with E-state index in [0.717, 1.165) is 12.1 Å². The molecule has 5 N–H and O–H groups in total. The molecular weight excluding hydrogens is 458 g/mol. The van der Waals surface area contributed by atoms with E-state index in [1.807, 2.05) is 51.0 Å². The van der Waals surface area contributed by atoms with Crippen LogP contribution in [-0.2, 0) is 4.79 Å². The summed E-state index contributed by atoms with van der Waals surface area (Å²) in [7, 11) is 3.94. The summed E-state index contributed by atoms with van der Waals surface area (Å²) in [5.74, 6) is 1.76. The smallest absolute Gasteiger partial charge is 0.258 e. The number of amides is 1. The summed E-state index contributed by atoms with van der Waals surface area (Å²) in [5.41, 5.74) is 8.46. The number of likely N-dealkylation sites (N-methyl/N-ethyl adjacent to an activating group) is 1. The van der Waals surface area contributed by atoms with Gasteiger partial charge in [-0.15, -0.1) is 0 Å². The summed E-state index contributed by atoms with van der Waals surface area (Å²) >= 11 is 0. The maximum absolute atomic E-state index is 11.9. The van der Waals surface area contributed by atoms with Crippen molar-refractivity contribution in [3.8, 4) is 22.9 Å². The number of nitrogens with zero attached hydrogens (tertiary/aromatic N) is 3. The molecular formula is C26H33N7O3. The zero-order valence-electron chi connectivity index (χ0n) is 21.0. The van der Waals surface area contributed by atoms with Gasteiger partial charge in [-0.1, -0.05) is 12.1 Å². The minimum absolute atomic E-state index is 0.0429. The van der Waals surface area contributed by atoms with Crippen molar-refractivity contribution in [1.29, 1.82) is 5.41 Å². The van der Waals surface area contributed by atoms with Gasteiger partial charge in [-0.3, -0.25) is 4.79 Å². The molecule has 0 aliphatic rings. The van der Waals surface area contributed by atoms with Crippen LogP contribution in [0.2, 0.25) is 0 Å². The van der Waals surface area contributed by atoms with Gasteiger partial charge in [-0.25, -0.2) is 9.97 Å². The number of carbonyl (C=O) groups excluding carboxylic acids is 1. The van der Waals surface area contributed by atoms with Crippen LogP contribution in [0, 0.1) is 5.41 Å². The molecule has 1 amide bonds. The fourth-order valence-electron chi connectivity index (χ4n) is 3.19. The minimum atomic E-state index is -0.190. The lowest BCUT2D eigenvalue weighted by molar-refractivity contribution is -0.123. The lowest BCUT2D eigenvalue weighted by Crippen LogP contribution is -2.34. The predicted molar refractivity (Wildman–Crippen MR) is 142 cm³/mol. The Kier molecular flexibility index (Phi) is 9.18. The van der Waals surface area contributed by atoms with Crippen LogP contribution < -0.4 is 25.8 Å². The van der Waals surface area contributed by atoms with Gasteiger partial charge in [0, 0.05) is 41.3 Å². The van der Waals surface area contributed by atoms with Crippen LogP contribution in [-0.4, -0.2) is 66.9 Å². The lowest BCUT2D eigenvalue weighted by atomic mass is 10.1. The highest BCUT2D eigenvalue weighted by Gasteiger charge is 2.13. The number of hydrogen-bond donors (Lipinski definition) is 4. The Morgan fingerprint density at radius 3 is 2.72 bits per heavy atom. The zero-order chi connectivity index (χ0) is 26.1. The molecule has 3 aromatic rings. The summed E-state index contributed by atoms with van der Waals surface area (Å²) < 4.78 is 11.6. The molecule has 0 radical (unpaired) electrons. The number of ether oxygens (including phenoxy) is 2. The van der Waals surface area contributed by atoms with Crippen molar-refractivity contribution in [3.63, 3.8) is 0 Å². The Bertz CT molecular complexity index is 1200. The first kappa shape index (κ1) is 26.4. The first-order valence-corrected chi connectivity index (χ1v) is 11.6. The highest BCUT2D eigenvalue weighted by molar-refractivity contribution is 5.87. The van der Waals surface area contributed by atoms with E-state index in [9.17, 15) is 4.79 Å². The van der Waals surface area contributed by atoms with Crippen molar-refractivity contribution in [2.45, 2.75) is 19.9 Å². The summed E-state index contributed by atoms with van der Waals surface area (Å²) in [6, 6.07) is 12.6. The number of aromatic nitrogens is 2. The van der Waals surface area contributed by atoms with E-state index in [2.05, 4.69) is 15.6 Å². The molecule has 0 spiro atoms. The predicted octanol–water partition coefficient (Wildman–Crippen LogP) is 3.31. The molecule has 3 rings (SSSR count). The number of hydrogen-bond acceptors (Lipinski definition) is 9. The molecule has 0 aliphatic heterocycles. The highest BCUT2D eigenvalue weighted by Crippen LogP contribution is 2.30. The van der Waals surface area contributed by atoms with Gasteiger partial charge in [-0.05, 0) is 58.3 Å². The van der Waals surface area contributed by atoms with Crippen LogP contribution in [0.15, 0.2) is 48.7 Å². The first-order valence-electron chi connectivity index (χ1n) is 11.6. The van der Waals surface area contributed by atoms with Crippen molar-refractivity contribution >= 4 is 29.3 Å². The molecule has 1 aromatic heterocycles.